The SMILES string of the molecule is COP(=O)(OC)c1c(C)nn(-c2c(Cl)cc(C(F)(F)F)cc2Cl)c1C. The second-order valence-corrected chi connectivity index (χ2v) is 8.07. The molecular formula is C14H14Cl2F3N2O3P. The van der Waals surface area contributed by atoms with Crippen LogP contribution in [0, 0.1) is 13.8 Å². The van der Waals surface area contributed by atoms with E-state index in [0.717, 1.165) is 12.1 Å². The number of aryl methyl sites for hydroxylation is 1. The zero-order valence-electron chi connectivity index (χ0n) is 13.6. The van der Waals surface area contributed by atoms with E-state index in [9.17, 15) is 17.7 Å². The number of halogens is 5. The number of rotatable bonds is 4. The minimum absolute atomic E-state index is 0.0435. The first-order valence-corrected chi connectivity index (χ1v) is 9.11. The third kappa shape index (κ3) is 3.59. The molecule has 0 saturated heterocycles. The lowest BCUT2D eigenvalue weighted by atomic mass is 10.2. The summed E-state index contributed by atoms with van der Waals surface area (Å²) >= 11 is 12.0. The molecule has 0 amide bonds. The molecule has 2 aromatic rings. The average molecular weight is 417 g/mol. The Bertz CT molecular complexity index is 837. The van der Waals surface area contributed by atoms with Gasteiger partial charge in [-0.1, -0.05) is 23.2 Å². The van der Waals surface area contributed by atoms with E-state index in [4.69, 9.17) is 32.2 Å². The predicted molar refractivity (Wildman–Crippen MR) is 89.3 cm³/mol. The maximum Gasteiger partial charge on any atom is 0.416 e. The molecule has 0 spiro atoms. The van der Waals surface area contributed by atoms with Crippen molar-refractivity contribution in [2.75, 3.05) is 14.2 Å². The lowest BCUT2D eigenvalue weighted by Crippen LogP contribution is -2.13. The number of aromatic nitrogens is 2. The maximum absolute atomic E-state index is 12.9. The van der Waals surface area contributed by atoms with Crippen molar-refractivity contribution in [3.63, 3.8) is 0 Å². The molecule has 0 saturated carbocycles. The average Bonchev–Trinajstić information content (AvgIpc) is 2.80. The van der Waals surface area contributed by atoms with Gasteiger partial charge in [-0.05, 0) is 26.0 Å². The van der Waals surface area contributed by atoms with Crippen molar-refractivity contribution in [2.24, 2.45) is 0 Å². The third-order valence-electron chi connectivity index (χ3n) is 3.56. The molecule has 2 rings (SSSR count). The van der Waals surface area contributed by atoms with Crippen LogP contribution in [0.25, 0.3) is 5.69 Å². The number of alkyl halides is 3. The van der Waals surface area contributed by atoms with Crippen LogP contribution in [-0.2, 0) is 19.8 Å². The van der Waals surface area contributed by atoms with Crippen LogP contribution in [0.15, 0.2) is 12.1 Å². The zero-order chi connectivity index (χ0) is 19.2. The van der Waals surface area contributed by atoms with Crippen molar-refractivity contribution in [1.82, 2.24) is 9.78 Å². The molecule has 0 fully saturated rings. The van der Waals surface area contributed by atoms with Crippen LogP contribution in [0.3, 0.4) is 0 Å². The Morgan fingerprint density at radius 1 is 1.12 bits per heavy atom. The molecule has 1 aromatic heterocycles. The van der Waals surface area contributed by atoms with E-state index in [0.29, 0.717) is 11.4 Å². The number of benzene rings is 1. The molecule has 0 unspecified atom stereocenters. The Hall–Kier alpha value is -1.05. The largest absolute Gasteiger partial charge is 0.416 e. The molecule has 5 nitrogen and oxygen atoms in total. The van der Waals surface area contributed by atoms with Crippen molar-refractivity contribution < 1.29 is 26.8 Å². The van der Waals surface area contributed by atoms with Crippen LogP contribution in [0.1, 0.15) is 17.0 Å². The predicted octanol–water partition coefficient (Wildman–Crippen LogP) is 4.93. The monoisotopic (exact) mass is 416 g/mol. The first kappa shape index (κ1) is 20.3. The van der Waals surface area contributed by atoms with Crippen molar-refractivity contribution in [2.45, 2.75) is 20.0 Å². The van der Waals surface area contributed by atoms with Gasteiger partial charge < -0.3 is 9.05 Å². The van der Waals surface area contributed by atoms with Crippen LogP contribution in [0.4, 0.5) is 13.2 Å². The Morgan fingerprint density at radius 2 is 1.60 bits per heavy atom. The molecule has 1 heterocycles. The molecule has 138 valence electrons. The fourth-order valence-corrected chi connectivity index (χ4v) is 4.53. The Kier molecular flexibility index (Phi) is 5.62. The summed E-state index contributed by atoms with van der Waals surface area (Å²) in [5.41, 5.74) is -0.293. The van der Waals surface area contributed by atoms with Gasteiger partial charge in [0.05, 0.1) is 27.0 Å². The smallest absolute Gasteiger partial charge is 0.308 e. The van der Waals surface area contributed by atoms with Crippen molar-refractivity contribution in [1.29, 1.82) is 0 Å². The van der Waals surface area contributed by atoms with Gasteiger partial charge in [0.2, 0.25) is 0 Å². The van der Waals surface area contributed by atoms with Crippen LogP contribution in [0.2, 0.25) is 10.0 Å². The molecule has 0 aliphatic rings. The molecule has 25 heavy (non-hydrogen) atoms. The first-order chi connectivity index (χ1) is 11.5. The normalized spacial score (nSPS) is 12.7. The highest BCUT2D eigenvalue weighted by Crippen LogP contribution is 2.47. The molecule has 0 aliphatic carbocycles. The van der Waals surface area contributed by atoms with Crippen LogP contribution < -0.4 is 5.30 Å². The molecular weight excluding hydrogens is 403 g/mol. The quantitative estimate of drug-likeness (QED) is 0.663. The highest BCUT2D eigenvalue weighted by atomic mass is 35.5. The highest BCUT2D eigenvalue weighted by Gasteiger charge is 2.35. The molecule has 0 atom stereocenters. The third-order valence-corrected chi connectivity index (χ3v) is 6.30. The molecule has 0 N–H and O–H groups in total. The van der Waals surface area contributed by atoms with Gasteiger partial charge in [-0.15, -0.1) is 0 Å². The van der Waals surface area contributed by atoms with Gasteiger partial charge in [-0.2, -0.15) is 18.3 Å². The summed E-state index contributed by atoms with van der Waals surface area (Å²) < 4.78 is 62.5. The lowest BCUT2D eigenvalue weighted by Gasteiger charge is -2.15. The van der Waals surface area contributed by atoms with E-state index in [1.807, 2.05) is 0 Å². The zero-order valence-corrected chi connectivity index (χ0v) is 16.0. The molecule has 1 aromatic carbocycles. The fraction of sp³-hybridized carbons (Fsp3) is 0.357. The minimum atomic E-state index is -4.59. The summed E-state index contributed by atoms with van der Waals surface area (Å²) in [7, 11) is -1.18. The van der Waals surface area contributed by atoms with Gasteiger partial charge in [-0.25, -0.2) is 4.68 Å². The Balaban J connectivity index is 2.72. The maximum atomic E-state index is 12.9. The molecule has 11 heteroatoms. The summed E-state index contributed by atoms with van der Waals surface area (Å²) in [5.74, 6) is 0. The van der Waals surface area contributed by atoms with Gasteiger partial charge >= 0.3 is 13.8 Å². The molecule has 0 aliphatic heterocycles. The van der Waals surface area contributed by atoms with Crippen molar-refractivity contribution in [3.8, 4) is 5.69 Å². The Labute approximate surface area is 152 Å². The van der Waals surface area contributed by atoms with Crippen LogP contribution in [0.5, 0.6) is 0 Å². The van der Waals surface area contributed by atoms with E-state index < -0.39 is 19.3 Å². The fourth-order valence-electron chi connectivity index (χ4n) is 2.44. The number of nitrogens with zero attached hydrogens (tertiary/aromatic N) is 2. The summed E-state index contributed by atoms with van der Waals surface area (Å²) in [6.07, 6.45) is -4.59. The number of hydrogen-bond acceptors (Lipinski definition) is 4. The van der Waals surface area contributed by atoms with Crippen molar-refractivity contribution in [3.05, 3.63) is 39.1 Å². The minimum Gasteiger partial charge on any atom is -0.308 e. The molecule has 0 bridgehead atoms. The summed E-state index contributed by atoms with van der Waals surface area (Å²) in [6.45, 7) is 3.12. The van der Waals surface area contributed by atoms with Gasteiger partial charge in [0.1, 0.15) is 11.0 Å². The van der Waals surface area contributed by atoms with Gasteiger partial charge in [0.15, 0.2) is 0 Å². The summed E-state index contributed by atoms with van der Waals surface area (Å²) in [6, 6.07) is 1.51. The second-order valence-electron chi connectivity index (χ2n) is 5.08. The van der Waals surface area contributed by atoms with Gasteiger partial charge in [-0.3, -0.25) is 4.57 Å². The summed E-state index contributed by atoms with van der Waals surface area (Å²) in [4.78, 5) is 0. The van der Waals surface area contributed by atoms with E-state index >= 15 is 0 Å². The highest BCUT2D eigenvalue weighted by molar-refractivity contribution is 7.62. The topological polar surface area (TPSA) is 53.4 Å². The molecule has 0 radical (unpaired) electrons. The van der Waals surface area contributed by atoms with E-state index in [1.165, 1.54) is 18.9 Å². The van der Waals surface area contributed by atoms with E-state index in [1.54, 1.807) is 13.8 Å². The second kappa shape index (κ2) is 6.93. The summed E-state index contributed by atoms with van der Waals surface area (Å²) in [5, 5.41) is 3.89. The first-order valence-electron chi connectivity index (χ1n) is 6.81. The number of hydrogen-bond donors (Lipinski definition) is 0. The lowest BCUT2D eigenvalue weighted by molar-refractivity contribution is -0.137. The standard InChI is InChI=1S/C14H14Cl2F3N2O3P/c1-7-13(25(22,23-3)24-4)8(2)21(20-7)12-10(15)5-9(6-11(12)16)14(17,18)19/h5-6H,1-4H3. The van der Waals surface area contributed by atoms with Crippen molar-refractivity contribution >= 4 is 36.1 Å². The van der Waals surface area contributed by atoms with Gasteiger partial charge in [0.25, 0.3) is 0 Å². The van der Waals surface area contributed by atoms with Crippen LogP contribution in [-0.4, -0.2) is 24.0 Å². The van der Waals surface area contributed by atoms with Gasteiger partial charge in [0, 0.05) is 14.2 Å². The van der Waals surface area contributed by atoms with Crippen LogP contribution >= 0.6 is 30.8 Å². The van der Waals surface area contributed by atoms with E-state index in [-0.39, 0.29) is 21.0 Å². The van der Waals surface area contributed by atoms with E-state index in [2.05, 4.69) is 5.10 Å². The Morgan fingerprint density at radius 3 is 2.00 bits per heavy atom.